The maximum absolute atomic E-state index is 12.4. The van der Waals surface area contributed by atoms with Crippen molar-refractivity contribution in [2.75, 3.05) is 0 Å². The van der Waals surface area contributed by atoms with Crippen LogP contribution in [0.4, 0.5) is 13.2 Å². The van der Waals surface area contributed by atoms with E-state index in [0.29, 0.717) is 5.56 Å². The van der Waals surface area contributed by atoms with Crippen LogP contribution in [0.15, 0.2) is 12.4 Å². The van der Waals surface area contributed by atoms with Crippen LogP contribution in [0.5, 0.6) is 0 Å². The molecule has 2 aromatic heterocycles. The van der Waals surface area contributed by atoms with Crippen molar-refractivity contribution in [1.29, 1.82) is 0 Å². The second-order valence-corrected chi connectivity index (χ2v) is 2.87. The summed E-state index contributed by atoms with van der Waals surface area (Å²) in [4.78, 5) is 3.62. The lowest BCUT2D eigenvalue weighted by atomic mass is 10.3. The van der Waals surface area contributed by atoms with E-state index < -0.39 is 11.9 Å². The molecule has 80 valence electrons. The van der Waals surface area contributed by atoms with Crippen molar-refractivity contribution < 1.29 is 13.2 Å². The highest BCUT2D eigenvalue weighted by Gasteiger charge is 2.37. The molecular formula is C7H6F3N5. The average Bonchev–Trinajstić information content (AvgIpc) is 2.59. The van der Waals surface area contributed by atoms with Crippen LogP contribution >= 0.6 is 0 Å². The number of halogens is 3. The highest BCUT2D eigenvalue weighted by molar-refractivity contribution is 5.43. The minimum atomic E-state index is -4.54. The zero-order valence-electron chi connectivity index (χ0n) is 7.36. The van der Waals surface area contributed by atoms with Crippen LogP contribution in [0.1, 0.15) is 11.3 Å². The molecule has 0 bridgehead atoms. The van der Waals surface area contributed by atoms with Gasteiger partial charge in [0, 0.05) is 24.5 Å². The van der Waals surface area contributed by atoms with Crippen molar-refractivity contribution in [3.05, 3.63) is 23.7 Å². The number of rotatable bonds is 1. The fraction of sp³-hybridized carbons (Fsp3) is 0.286. The molecule has 2 rings (SSSR count). The highest BCUT2D eigenvalue weighted by atomic mass is 19.4. The van der Waals surface area contributed by atoms with E-state index in [4.69, 9.17) is 5.73 Å². The third-order valence-electron chi connectivity index (χ3n) is 1.81. The van der Waals surface area contributed by atoms with Gasteiger partial charge in [-0.25, -0.2) is 9.50 Å². The molecule has 2 heterocycles. The summed E-state index contributed by atoms with van der Waals surface area (Å²) in [6.07, 6.45) is -1.91. The summed E-state index contributed by atoms with van der Waals surface area (Å²) in [5.74, 6) is 0. The van der Waals surface area contributed by atoms with Crippen LogP contribution in [-0.4, -0.2) is 19.8 Å². The summed E-state index contributed by atoms with van der Waals surface area (Å²) in [5.41, 5.74) is 4.48. The van der Waals surface area contributed by atoms with E-state index in [1.807, 2.05) is 0 Å². The first-order valence-electron chi connectivity index (χ1n) is 3.99. The molecule has 0 atom stereocenters. The zero-order valence-corrected chi connectivity index (χ0v) is 7.36. The Morgan fingerprint density at radius 1 is 1.40 bits per heavy atom. The monoisotopic (exact) mass is 217 g/mol. The quantitative estimate of drug-likeness (QED) is 0.759. The standard InChI is InChI=1S/C7H6F3N5/c8-7(9,10)5-6-12-2-4(1-11)3-15(6)14-13-5/h2-3H,1,11H2. The Kier molecular flexibility index (Phi) is 2.07. The molecule has 0 aliphatic carbocycles. The number of hydrogen-bond acceptors (Lipinski definition) is 4. The Hall–Kier alpha value is -1.70. The fourth-order valence-electron chi connectivity index (χ4n) is 1.12. The lowest BCUT2D eigenvalue weighted by Gasteiger charge is -2.01. The average molecular weight is 217 g/mol. The topological polar surface area (TPSA) is 69.1 Å². The molecule has 2 aromatic rings. The Morgan fingerprint density at radius 2 is 2.13 bits per heavy atom. The number of nitrogens with two attached hydrogens (primary N) is 1. The Balaban J connectivity index is 2.62. The van der Waals surface area contributed by atoms with Gasteiger partial charge in [-0.2, -0.15) is 13.2 Å². The molecule has 0 radical (unpaired) electrons. The molecule has 0 spiro atoms. The largest absolute Gasteiger partial charge is 0.439 e. The van der Waals surface area contributed by atoms with Crippen LogP contribution in [-0.2, 0) is 12.7 Å². The summed E-state index contributed by atoms with van der Waals surface area (Å²) < 4.78 is 38.0. The second-order valence-electron chi connectivity index (χ2n) is 2.87. The predicted octanol–water partition coefficient (Wildman–Crippen LogP) is 0.602. The first kappa shape index (κ1) is 9.84. The molecule has 0 fully saturated rings. The van der Waals surface area contributed by atoms with E-state index in [2.05, 4.69) is 15.3 Å². The highest BCUT2D eigenvalue weighted by Crippen LogP contribution is 2.29. The van der Waals surface area contributed by atoms with Gasteiger partial charge in [-0.1, -0.05) is 5.21 Å². The lowest BCUT2D eigenvalue weighted by molar-refractivity contribution is -0.140. The Morgan fingerprint density at radius 3 is 2.73 bits per heavy atom. The summed E-state index contributed by atoms with van der Waals surface area (Å²) in [5, 5.41) is 6.35. The SMILES string of the molecule is NCc1cnc2c(C(F)(F)F)nnn2c1. The van der Waals surface area contributed by atoms with E-state index in [1.165, 1.54) is 12.4 Å². The maximum Gasteiger partial charge on any atom is 0.439 e. The fourth-order valence-corrected chi connectivity index (χ4v) is 1.12. The number of fused-ring (bicyclic) bond motifs is 1. The van der Waals surface area contributed by atoms with Crippen molar-refractivity contribution in [2.45, 2.75) is 12.7 Å². The van der Waals surface area contributed by atoms with Crippen molar-refractivity contribution in [3.8, 4) is 0 Å². The van der Waals surface area contributed by atoms with Crippen LogP contribution in [0, 0.1) is 0 Å². The third-order valence-corrected chi connectivity index (χ3v) is 1.81. The molecule has 2 N–H and O–H groups in total. The Labute approximate surface area is 81.7 Å². The summed E-state index contributed by atoms with van der Waals surface area (Å²) in [6, 6.07) is 0. The molecule has 0 unspecified atom stereocenters. The molecule has 8 heteroatoms. The van der Waals surface area contributed by atoms with Gasteiger partial charge < -0.3 is 5.73 Å². The van der Waals surface area contributed by atoms with Gasteiger partial charge in [-0.15, -0.1) is 5.10 Å². The molecule has 15 heavy (non-hydrogen) atoms. The smallest absolute Gasteiger partial charge is 0.326 e. The van der Waals surface area contributed by atoms with Gasteiger partial charge in [0.2, 0.25) is 5.69 Å². The molecule has 0 aliphatic rings. The van der Waals surface area contributed by atoms with Crippen molar-refractivity contribution in [2.24, 2.45) is 5.73 Å². The summed E-state index contributed by atoms with van der Waals surface area (Å²) >= 11 is 0. The zero-order chi connectivity index (χ0) is 11.1. The van der Waals surface area contributed by atoms with Gasteiger partial charge in [-0.3, -0.25) is 0 Å². The number of hydrogen-bond donors (Lipinski definition) is 1. The first-order valence-corrected chi connectivity index (χ1v) is 3.99. The van der Waals surface area contributed by atoms with Crippen molar-refractivity contribution in [1.82, 2.24) is 19.8 Å². The van der Waals surface area contributed by atoms with Crippen LogP contribution < -0.4 is 5.73 Å². The summed E-state index contributed by atoms with van der Waals surface area (Å²) in [7, 11) is 0. The Bertz CT molecular complexity index is 489. The molecular weight excluding hydrogens is 211 g/mol. The number of nitrogens with zero attached hydrogens (tertiary/aromatic N) is 4. The van der Waals surface area contributed by atoms with Gasteiger partial charge in [0.25, 0.3) is 0 Å². The van der Waals surface area contributed by atoms with E-state index in [9.17, 15) is 13.2 Å². The van der Waals surface area contributed by atoms with Gasteiger partial charge in [-0.05, 0) is 0 Å². The second kappa shape index (κ2) is 3.16. The maximum atomic E-state index is 12.4. The molecule has 0 aliphatic heterocycles. The van der Waals surface area contributed by atoms with Gasteiger partial charge in [0.1, 0.15) is 0 Å². The molecule has 0 saturated carbocycles. The number of aromatic nitrogens is 4. The third kappa shape index (κ3) is 1.63. The van der Waals surface area contributed by atoms with E-state index in [0.717, 1.165) is 4.52 Å². The van der Waals surface area contributed by atoms with E-state index >= 15 is 0 Å². The summed E-state index contributed by atoms with van der Waals surface area (Å²) in [6.45, 7) is 0.185. The van der Waals surface area contributed by atoms with Crippen molar-refractivity contribution >= 4 is 5.65 Å². The van der Waals surface area contributed by atoms with Gasteiger partial charge >= 0.3 is 6.18 Å². The predicted molar refractivity (Wildman–Crippen MR) is 43.7 cm³/mol. The molecule has 0 aromatic carbocycles. The lowest BCUT2D eigenvalue weighted by Crippen LogP contribution is -2.07. The number of alkyl halides is 3. The van der Waals surface area contributed by atoms with Crippen LogP contribution in [0.2, 0.25) is 0 Å². The van der Waals surface area contributed by atoms with Crippen LogP contribution in [0.25, 0.3) is 5.65 Å². The van der Waals surface area contributed by atoms with Gasteiger partial charge in [0.05, 0.1) is 0 Å². The van der Waals surface area contributed by atoms with E-state index in [-0.39, 0.29) is 12.2 Å². The van der Waals surface area contributed by atoms with Gasteiger partial charge in [0.15, 0.2) is 5.65 Å². The minimum Gasteiger partial charge on any atom is -0.326 e. The first-order chi connectivity index (χ1) is 7.02. The van der Waals surface area contributed by atoms with Crippen molar-refractivity contribution in [3.63, 3.8) is 0 Å². The molecule has 0 saturated heterocycles. The normalized spacial score (nSPS) is 12.3. The minimum absolute atomic E-state index is 0.185. The van der Waals surface area contributed by atoms with E-state index in [1.54, 1.807) is 0 Å². The molecule has 5 nitrogen and oxygen atoms in total. The molecule has 0 amide bonds. The van der Waals surface area contributed by atoms with Crippen LogP contribution in [0.3, 0.4) is 0 Å².